The first-order chi connectivity index (χ1) is 12.9. The predicted molar refractivity (Wildman–Crippen MR) is 104 cm³/mol. The van der Waals surface area contributed by atoms with Crippen molar-refractivity contribution in [2.45, 2.75) is 46.6 Å². The first kappa shape index (κ1) is 18.1. The maximum Gasteiger partial charge on any atom is 0.192 e. The summed E-state index contributed by atoms with van der Waals surface area (Å²) in [6.07, 6.45) is 2.19. The van der Waals surface area contributed by atoms with E-state index in [1.165, 1.54) is 11.6 Å². The van der Waals surface area contributed by atoms with Crippen LogP contribution in [0.4, 0.5) is 4.39 Å². The molecule has 0 N–H and O–H groups in total. The normalized spacial score (nSPS) is 19.1. The van der Waals surface area contributed by atoms with Crippen LogP contribution in [0.3, 0.4) is 0 Å². The van der Waals surface area contributed by atoms with Gasteiger partial charge in [-0.15, -0.1) is 0 Å². The van der Waals surface area contributed by atoms with E-state index in [0.717, 1.165) is 42.8 Å². The Bertz CT molecular complexity index is 961. The zero-order valence-electron chi connectivity index (χ0n) is 16.4. The summed E-state index contributed by atoms with van der Waals surface area (Å²) < 4.78 is 20.1. The van der Waals surface area contributed by atoms with Crippen molar-refractivity contribution < 1.29 is 8.81 Å². The van der Waals surface area contributed by atoms with Gasteiger partial charge in [0.2, 0.25) is 0 Å². The smallest absolute Gasteiger partial charge is 0.192 e. The minimum Gasteiger partial charge on any atom is -0.441 e. The highest BCUT2D eigenvalue weighted by Gasteiger charge is 2.28. The summed E-state index contributed by atoms with van der Waals surface area (Å²) in [6.45, 7) is 9.93. The molecule has 2 aromatic heterocycles. The van der Waals surface area contributed by atoms with Crippen molar-refractivity contribution in [3.63, 3.8) is 0 Å². The van der Waals surface area contributed by atoms with Gasteiger partial charge in [-0.2, -0.15) is 0 Å². The highest BCUT2D eigenvalue weighted by Crippen LogP contribution is 2.32. The molecule has 5 heteroatoms. The molecule has 1 unspecified atom stereocenters. The molecule has 1 aliphatic heterocycles. The third kappa shape index (κ3) is 3.74. The molecular weight excluding hydrogens is 341 g/mol. The van der Waals surface area contributed by atoms with E-state index in [9.17, 15) is 4.39 Å². The fourth-order valence-electron chi connectivity index (χ4n) is 4.35. The number of hydrogen-bond donors (Lipinski definition) is 0. The highest BCUT2D eigenvalue weighted by molar-refractivity contribution is 5.73. The van der Waals surface area contributed by atoms with Crippen molar-refractivity contribution in [3.8, 4) is 0 Å². The van der Waals surface area contributed by atoms with Gasteiger partial charge in [0.1, 0.15) is 11.3 Å². The number of rotatable bonds is 4. The van der Waals surface area contributed by atoms with Crippen LogP contribution in [0.5, 0.6) is 0 Å². The zero-order valence-corrected chi connectivity index (χ0v) is 16.4. The van der Waals surface area contributed by atoms with Crippen molar-refractivity contribution >= 4 is 11.1 Å². The molecule has 1 saturated heterocycles. The Kier molecular flexibility index (Phi) is 4.72. The summed E-state index contributed by atoms with van der Waals surface area (Å²) in [6, 6.07) is 7.70. The lowest BCUT2D eigenvalue weighted by molar-refractivity contribution is 0.247. The average molecular weight is 367 g/mol. The second kappa shape index (κ2) is 7.04. The van der Waals surface area contributed by atoms with Gasteiger partial charge in [-0.3, -0.25) is 9.88 Å². The highest BCUT2D eigenvalue weighted by atomic mass is 19.1. The number of nitrogens with zero attached hydrogens (tertiary/aromatic N) is 3. The molecule has 0 amide bonds. The van der Waals surface area contributed by atoms with Gasteiger partial charge in [0.25, 0.3) is 0 Å². The number of pyridine rings is 1. The molecule has 4 nitrogen and oxygen atoms in total. The van der Waals surface area contributed by atoms with Crippen LogP contribution in [-0.4, -0.2) is 28.0 Å². The number of oxazole rings is 1. The lowest BCUT2D eigenvalue weighted by Crippen LogP contribution is -2.25. The third-order valence-electron chi connectivity index (χ3n) is 5.59. The van der Waals surface area contributed by atoms with Crippen molar-refractivity contribution in [1.82, 2.24) is 14.9 Å². The van der Waals surface area contributed by atoms with E-state index in [-0.39, 0.29) is 11.9 Å². The molecular formula is C22H26FN3O. The van der Waals surface area contributed by atoms with E-state index in [1.54, 1.807) is 6.92 Å². The van der Waals surface area contributed by atoms with Gasteiger partial charge in [0.05, 0.1) is 0 Å². The van der Waals surface area contributed by atoms with Gasteiger partial charge in [0.15, 0.2) is 11.5 Å². The first-order valence-electron chi connectivity index (χ1n) is 9.64. The van der Waals surface area contributed by atoms with Crippen LogP contribution in [-0.2, 0) is 6.42 Å². The standard InChI is InChI=1S/C22H26FN3O/c1-13-7-18(8-14(2)24-13)9-17-5-6-26(12-17)15(3)19-10-21-22(11-20(19)23)27-16(4)25-21/h7-8,10-11,15,17H,5-6,9,12H2,1-4H3/t15?,17-/m0/s1. The van der Waals surface area contributed by atoms with Crippen LogP contribution < -0.4 is 0 Å². The molecule has 1 fully saturated rings. The quantitative estimate of drug-likeness (QED) is 0.657. The van der Waals surface area contributed by atoms with Crippen molar-refractivity contribution in [2.24, 2.45) is 5.92 Å². The Morgan fingerprint density at radius 3 is 2.63 bits per heavy atom. The number of benzene rings is 1. The predicted octanol–water partition coefficient (Wildman–Crippen LogP) is 4.91. The van der Waals surface area contributed by atoms with E-state index in [4.69, 9.17) is 4.42 Å². The second-order valence-corrected chi connectivity index (χ2v) is 7.86. The van der Waals surface area contributed by atoms with Gasteiger partial charge in [0, 0.05) is 42.5 Å². The molecule has 3 aromatic rings. The molecule has 0 spiro atoms. The van der Waals surface area contributed by atoms with E-state index >= 15 is 0 Å². The van der Waals surface area contributed by atoms with Gasteiger partial charge in [-0.25, -0.2) is 9.37 Å². The minimum atomic E-state index is -0.213. The molecule has 3 heterocycles. The average Bonchev–Trinajstić information content (AvgIpc) is 3.18. The largest absolute Gasteiger partial charge is 0.441 e. The fourth-order valence-corrected chi connectivity index (χ4v) is 4.35. The Hall–Kier alpha value is -2.27. The summed E-state index contributed by atoms with van der Waals surface area (Å²) >= 11 is 0. The van der Waals surface area contributed by atoms with Gasteiger partial charge in [-0.1, -0.05) is 0 Å². The maximum atomic E-state index is 14.6. The summed E-state index contributed by atoms with van der Waals surface area (Å²) in [5.74, 6) is 0.947. The van der Waals surface area contributed by atoms with E-state index in [0.29, 0.717) is 23.0 Å². The second-order valence-electron chi connectivity index (χ2n) is 7.86. The number of hydrogen-bond acceptors (Lipinski definition) is 4. The summed E-state index contributed by atoms with van der Waals surface area (Å²) in [5, 5.41) is 0. The number of fused-ring (bicyclic) bond motifs is 1. The molecule has 142 valence electrons. The topological polar surface area (TPSA) is 42.2 Å². The van der Waals surface area contributed by atoms with Crippen LogP contribution in [0, 0.1) is 32.5 Å². The van der Waals surface area contributed by atoms with Crippen molar-refractivity contribution in [1.29, 1.82) is 0 Å². The summed E-state index contributed by atoms with van der Waals surface area (Å²) in [5.41, 5.74) is 5.45. The lowest BCUT2D eigenvalue weighted by atomic mass is 9.98. The van der Waals surface area contributed by atoms with E-state index in [2.05, 4.69) is 33.9 Å². The van der Waals surface area contributed by atoms with Gasteiger partial charge < -0.3 is 4.42 Å². The Labute approximate surface area is 159 Å². The van der Waals surface area contributed by atoms with Crippen molar-refractivity contribution in [3.05, 3.63) is 58.5 Å². The zero-order chi connectivity index (χ0) is 19.1. The molecule has 1 aromatic carbocycles. The summed E-state index contributed by atoms with van der Waals surface area (Å²) in [7, 11) is 0. The van der Waals surface area contributed by atoms with E-state index in [1.807, 2.05) is 19.9 Å². The molecule has 0 bridgehead atoms. The summed E-state index contributed by atoms with van der Waals surface area (Å²) in [4.78, 5) is 11.2. The number of aromatic nitrogens is 2. The Balaban J connectivity index is 1.49. The Morgan fingerprint density at radius 1 is 1.15 bits per heavy atom. The van der Waals surface area contributed by atoms with Crippen molar-refractivity contribution in [2.75, 3.05) is 13.1 Å². The van der Waals surface area contributed by atoms with Crippen LogP contribution in [0.25, 0.3) is 11.1 Å². The Morgan fingerprint density at radius 2 is 1.89 bits per heavy atom. The monoisotopic (exact) mass is 367 g/mol. The van der Waals surface area contributed by atoms with Crippen LogP contribution in [0.1, 0.15) is 47.8 Å². The van der Waals surface area contributed by atoms with Crippen LogP contribution in [0.2, 0.25) is 0 Å². The molecule has 2 atom stereocenters. The number of aryl methyl sites for hydroxylation is 3. The molecule has 0 aliphatic carbocycles. The van der Waals surface area contributed by atoms with Crippen LogP contribution in [0.15, 0.2) is 28.7 Å². The molecule has 1 aliphatic rings. The lowest BCUT2D eigenvalue weighted by Gasteiger charge is -2.25. The van der Waals surface area contributed by atoms with Crippen LogP contribution >= 0.6 is 0 Å². The SMILES string of the molecule is Cc1cc(C[C@@H]2CCN(C(C)c3cc4nc(C)oc4cc3F)C2)cc(C)n1. The van der Waals surface area contributed by atoms with Gasteiger partial charge >= 0.3 is 0 Å². The molecule has 4 rings (SSSR count). The number of likely N-dealkylation sites (tertiary alicyclic amines) is 1. The first-order valence-corrected chi connectivity index (χ1v) is 9.64. The maximum absolute atomic E-state index is 14.6. The van der Waals surface area contributed by atoms with Gasteiger partial charge in [-0.05, 0) is 69.8 Å². The third-order valence-corrected chi connectivity index (χ3v) is 5.59. The fraction of sp³-hybridized carbons (Fsp3) is 0.455. The number of halogens is 1. The molecule has 0 saturated carbocycles. The minimum absolute atomic E-state index is 0.0253. The van der Waals surface area contributed by atoms with E-state index < -0.39 is 0 Å². The molecule has 27 heavy (non-hydrogen) atoms. The molecule has 0 radical (unpaired) electrons.